The van der Waals surface area contributed by atoms with Gasteiger partial charge in [0, 0.05) is 42.4 Å². The molecule has 23 heavy (non-hydrogen) atoms. The van der Waals surface area contributed by atoms with Crippen molar-refractivity contribution in [3.63, 3.8) is 0 Å². The quantitative estimate of drug-likeness (QED) is 0.641. The van der Waals surface area contributed by atoms with Gasteiger partial charge in [0.1, 0.15) is 5.84 Å². The number of hydrogen-bond donors (Lipinski definition) is 2. The Balaban J connectivity index is 1.67. The number of anilines is 2. The van der Waals surface area contributed by atoms with Crippen molar-refractivity contribution in [1.82, 2.24) is 4.90 Å². The highest BCUT2D eigenvalue weighted by Gasteiger charge is 2.20. The van der Waals surface area contributed by atoms with Gasteiger partial charge in [-0.25, -0.2) is 0 Å². The van der Waals surface area contributed by atoms with Crippen LogP contribution in [0.1, 0.15) is 6.42 Å². The second-order valence-electron chi connectivity index (χ2n) is 6.09. The molecule has 1 aromatic carbocycles. The van der Waals surface area contributed by atoms with Crippen molar-refractivity contribution in [2.24, 2.45) is 0 Å². The van der Waals surface area contributed by atoms with Crippen LogP contribution in [0.15, 0.2) is 35.4 Å². The lowest BCUT2D eigenvalue weighted by molar-refractivity contribution is 0.230. The van der Waals surface area contributed by atoms with Crippen LogP contribution >= 0.6 is 11.8 Å². The molecule has 2 aliphatic rings. The number of benzene rings is 1. The molecule has 0 amide bonds. The summed E-state index contributed by atoms with van der Waals surface area (Å²) >= 11 is 1.89. The van der Waals surface area contributed by atoms with Gasteiger partial charge in [-0.2, -0.15) is 0 Å². The Hall–Kier alpha value is -1.66. The standard InChI is InChI=1S/C17H24N4OS/c1-20(2)7-8-21-9-11-23-16-12-13(5-6-14(16)21)19-17(18)15-4-3-10-22-15/h3,5-6,10,12,15H,4,7-9,11H2,1-2H3,(H2,18,19). The van der Waals surface area contributed by atoms with E-state index in [2.05, 4.69) is 47.4 Å². The van der Waals surface area contributed by atoms with Crippen LogP contribution in [0.3, 0.4) is 0 Å². The molecule has 1 aromatic rings. The molecule has 0 aliphatic carbocycles. The largest absolute Gasteiger partial charge is 0.490 e. The minimum absolute atomic E-state index is 0.171. The van der Waals surface area contributed by atoms with Crippen molar-refractivity contribution >= 4 is 29.0 Å². The Bertz CT molecular complexity index is 594. The van der Waals surface area contributed by atoms with Crippen molar-refractivity contribution in [3.05, 3.63) is 30.5 Å². The third-order valence-electron chi connectivity index (χ3n) is 4.03. The second kappa shape index (κ2) is 7.27. The van der Waals surface area contributed by atoms with E-state index in [-0.39, 0.29) is 6.10 Å². The molecule has 2 N–H and O–H groups in total. The topological polar surface area (TPSA) is 51.6 Å². The molecule has 6 heteroatoms. The smallest absolute Gasteiger partial charge is 0.158 e. The summed E-state index contributed by atoms with van der Waals surface area (Å²) in [5.74, 6) is 1.52. The zero-order valence-electron chi connectivity index (χ0n) is 13.7. The molecule has 1 atom stereocenters. The van der Waals surface area contributed by atoms with E-state index in [1.54, 1.807) is 6.26 Å². The molecule has 0 saturated heterocycles. The third kappa shape index (κ3) is 4.00. The summed E-state index contributed by atoms with van der Waals surface area (Å²) in [5.41, 5.74) is 2.27. The molecular weight excluding hydrogens is 308 g/mol. The van der Waals surface area contributed by atoms with Crippen LogP contribution in [-0.4, -0.2) is 56.3 Å². The van der Waals surface area contributed by atoms with Crippen molar-refractivity contribution in [2.75, 3.05) is 49.7 Å². The van der Waals surface area contributed by atoms with Gasteiger partial charge in [-0.1, -0.05) is 0 Å². The van der Waals surface area contributed by atoms with Crippen molar-refractivity contribution in [3.8, 4) is 0 Å². The highest BCUT2D eigenvalue weighted by Crippen LogP contribution is 2.36. The molecule has 1 unspecified atom stereocenters. The maximum Gasteiger partial charge on any atom is 0.158 e. The van der Waals surface area contributed by atoms with Crippen LogP contribution in [0, 0.1) is 5.41 Å². The first-order valence-electron chi connectivity index (χ1n) is 7.96. The number of nitrogens with one attached hydrogen (secondary N) is 2. The van der Waals surface area contributed by atoms with Gasteiger partial charge in [-0.05, 0) is 38.4 Å². The number of nitrogens with zero attached hydrogens (tertiary/aromatic N) is 2. The van der Waals surface area contributed by atoms with Crippen LogP contribution < -0.4 is 10.2 Å². The first-order chi connectivity index (χ1) is 11.1. The Morgan fingerprint density at radius 2 is 2.35 bits per heavy atom. The van der Waals surface area contributed by atoms with Gasteiger partial charge in [0.05, 0.1) is 11.9 Å². The molecule has 0 radical (unpaired) electrons. The van der Waals surface area contributed by atoms with Gasteiger partial charge < -0.3 is 19.9 Å². The lowest BCUT2D eigenvalue weighted by Crippen LogP contribution is -2.35. The Morgan fingerprint density at radius 1 is 1.48 bits per heavy atom. The number of likely N-dealkylation sites (N-methyl/N-ethyl adjacent to an activating group) is 1. The highest BCUT2D eigenvalue weighted by atomic mass is 32.2. The number of hydrogen-bond acceptors (Lipinski definition) is 5. The monoisotopic (exact) mass is 332 g/mol. The maximum absolute atomic E-state index is 8.12. The van der Waals surface area contributed by atoms with E-state index < -0.39 is 0 Å². The van der Waals surface area contributed by atoms with E-state index >= 15 is 0 Å². The van der Waals surface area contributed by atoms with Crippen molar-refractivity contribution < 1.29 is 4.74 Å². The first kappa shape index (κ1) is 16.2. The fraction of sp³-hybridized carbons (Fsp3) is 0.471. The number of ether oxygens (including phenoxy) is 1. The molecule has 0 fully saturated rings. The molecular formula is C17H24N4OS. The minimum atomic E-state index is -0.171. The van der Waals surface area contributed by atoms with Crippen LogP contribution in [0.4, 0.5) is 11.4 Å². The Kier molecular flexibility index (Phi) is 5.13. The highest BCUT2D eigenvalue weighted by molar-refractivity contribution is 7.99. The van der Waals surface area contributed by atoms with Gasteiger partial charge >= 0.3 is 0 Å². The number of fused-ring (bicyclic) bond motifs is 1. The molecule has 0 spiro atoms. The molecule has 3 rings (SSSR count). The van der Waals surface area contributed by atoms with Crippen LogP contribution in [0.25, 0.3) is 0 Å². The average molecular weight is 332 g/mol. The Labute approximate surface area is 142 Å². The average Bonchev–Trinajstić information content (AvgIpc) is 3.07. The van der Waals surface area contributed by atoms with Gasteiger partial charge in [0.15, 0.2) is 6.10 Å². The molecule has 0 aromatic heterocycles. The predicted octanol–water partition coefficient (Wildman–Crippen LogP) is 2.85. The lowest BCUT2D eigenvalue weighted by atomic mass is 10.2. The van der Waals surface area contributed by atoms with E-state index in [1.165, 1.54) is 10.6 Å². The fourth-order valence-corrected chi connectivity index (χ4v) is 3.80. The van der Waals surface area contributed by atoms with E-state index in [1.807, 2.05) is 17.8 Å². The summed E-state index contributed by atoms with van der Waals surface area (Å²) in [5, 5.41) is 11.3. The van der Waals surface area contributed by atoms with Crippen LogP contribution in [-0.2, 0) is 4.74 Å². The zero-order chi connectivity index (χ0) is 16.2. The van der Waals surface area contributed by atoms with Crippen LogP contribution in [0.5, 0.6) is 0 Å². The van der Waals surface area contributed by atoms with Crippen molar-refractivity contribution in [2.45, 2.75) is 17.4 Å². The lowest BCUT2D eigenvalue weighted by Gasteiger charge is -2.32. The predicted molar refractivity (Wildman–Crippen MR) is 97.9 cm³/mol. The molecule has 0 saturated carbocycles. The minimum Gasteiger partial charge on any atom is -0.490 e. The van der Waals surface area contributed by atoms with Gasteiger partial charge in [-0.3, -0.25) is 5.41 Å². The summed E-state index contributed by atoms with van der Waals surface area (Å²) in [7, 11) is 4.22. The summed E-state index contributed by atoms with van der Waals surface area (Å²) in [6.07, 6.45) is 4.22. The molecule has 2 heterocycles. The SMILES string of the molecule is CN(C)CCN1CCSc2cc(NC(=N)C3CC=CO3)ccc21. The van der Waals surface area contributed by atoms with Crippen LogP contribution in [0.2, 0.25) is 0 Å². The number of thioether (sulfide) groups is 1. The maximum atomic E-state index is 8.12. The number of amidine groups is 1. The number of rotatable bonds is 5. The molecule has 124 valence electrons. The van der Waals surface area contributed by atoms with Gasteiger partial charge in [-0.15, -0.1) is 11.8 Å². The first-order valence-corrected chi connectivity index (χ1v) is 8.94. The van der Waals surface area contributed by atoms with E-state index in [4.69, 9.17) is 10.1 Å². The molecule has 5 nitrogen and oxygen atoms in total. The fourth-order valence-electron chi connectivity index (χ4n) is 2.71. The van der Waals surface area contributed by atoms with Gasteiger partial charge in [0.2, 0.25) is 0 Å². The summed E-state index contributed by atoms with van der Waals surface area (Å²) in [6.45, 7) is 3.20. The van der Waals surface area contributed by atoms with E-state index in [9.17, 15) is 0 Å². The summed E-state index contributed by atoms with van der Waals surface area (Å²) in [6, 6.07) is 6.38. The normalized spacial score (nSPS) is 19.6. The zero-order valence-corrected chi connectivity index (χ0v) is 14.5. The summed E-state index contributed by atoms with van der Waals surface area (Å²) < 4.78 is 5.39. The third-order valence-corrected chi connectivity index (χ3v) is 5.05. The van der Waals surface area contributed by atoms with E-state index in [0.717, 1.165) is 37.5 Å². The Morgan fingerprint density at radius 3 is 3.09 bits per heavy atom. The second-order valence-corrected chi connectivity index (χ2v) is 7.23. The van der Waals surface area contributed by atoms with Crippen molar-refractivity contribution in [1.29, 1.82) is 5.41 Å². The van der Waals surface area contributed by atoms with E-state index in [0.29, 0.717) is 5.84 Å². The summed E-state index contributed by atoms with van der Waals surface area (Å²) in [4.78, 5) is 5.96. The molecule has 2 aliphatic heterocycles. The molecule has 0 bridgehead atoms. The van der Waals surface area contributed by atoms with Gasteiger partial charge in [0.25, 0.3) is 0 Å².